The number of hydrogen-bond donors (Lipinski definition) is 0. The second-order valence-corrected chi connectivity index (χ2v) is 4.12. The van der Waals surface area contributed by atoms with Gasteiger partial charge in [-0.15, -0.1) is 0 Å². The van der Waals surface area contributed by atoms with Gasteiger partial charge in [0.25, 0.3) is 0 Å². The van der Waals surface area contributed by atoms with Gasteiger partial charge in [0.2, 0.25) is 0 Å². The second kappa shape index (κ2) is 4.42. The Bertz CT molecular complexity index is 139. The summed E-state index contributed by atoms with van der Waals surface area (Å²) in [7, 11) is 2.23. The van der Waals surface area contributed by atoms with Crippen LogP contribution in [0.5, 0.6) is 0 Å². The van der Waals surface area contributed by atoms with E-state index < -0.39 is 0 Å². The van der Waals surface area contributed by atoms with E-state index in [1.165, 1.54) is 19.4 Å². The molecule has 0 N–H and O–H groups in total. The lowest BCUT2D eigenvalue weighted by atomic mass is 9.81. The van der Waals surface area contributed by atoms with Crippen molar-refractivity contribution in [2.75, 3.05) is 13.6 Å². The first kappa shape index (κ1) is 11.4. The summed E-state index contributed by atoms with van der Waals surface area (Å²) in [6, 6.07) is 0. The van der Waals surface area contributed by atoms with Crippen LogP contribution in [0.25, 0.3) is 0 Å². The van der Waals surface area contributed by atoms with E-state index in [1.54, 1.807) is 0 Å². The van der Waals surface area contributed by atoms with Gasteiger partial charge in [0, 0.05) is 16.3 Å². The van der Waals surface area contributed by atoms with Crippen molar-refractivity contribution in [3.05, 3.63) is 0 Å². The first-order chi connectivity index (χ1) is 5.55. The molecule has 1 saturated heterocycles. The molecule has 1 aliphatic rings. The summed E-state index contributed by atoms with van der Waals surface area (Å²) in [6.07, 6.45) is 2.78. The molecule has 0 aromatic carbocycles. The molecule has 0 amide bonds. The maximum Gasteiger partial charge on any atom is 0.0175 e. The standard InChI is InChI=1S/C9H19N.N2/c1-8-6-5-7-10(4)9(8,2)3;1-2/h8H,5-7H2,1-4H3;. The van der Waals surface area contributed by atoms with Crippen LogP contribution in [0.4, 0.5) is 0 Å². The predicted molar refractivity (Wildman–Crippen MR) is 48.6 cm³/mol. The maximum absolute atomic E-state index is 6.00. The lowest BCUT2D eigenvalue weighted by Gasteiger charge is -2.44. The molecule has 1 atom stereocenters. The van der Waals surface area contributed by atoms with Gasteiger partial charge in [0.1, 0.15) is 0 Å². The van der Waals surface area contributed by atoms with Crippen molar-refractivity contribution >= 4 is 0 Å². The fourth-order valence-corrected chi connectivity index (χ4v) is 1.65. The zero-order valence-electron chi connectivity index (χ0n) is 8.54. The van der Waals surface area contributed by atoms with Gasteiger partial charge < -0.3 is 4.90 Å². The summed E-state index contributed by atoms with van der Waals surface area (Å²) in [5.41, 5.74) is 0.429. The third-order valence-electron chi connectivity index (χ3n) is 3.32. The van der Waals surface area contributed by atoms with Crippen LogP contribution in [0.15, 0.2) is 0 Å². The average molecular weight is 169 g/mol. The van der Waals surface area contributed by atoms with Crippen molar-refractivity contribution in [1.82, 2.24) is 4.90 Å². The van der Waals surface area contributed by atoms with Gasteiger partial charge >= 0.3 is 0 Å². The molecule has 0 aromatic rings. The molecule has 3 heteroatoms. The topological polar surface area (TPSA) is 50.8 Å². The Balaban J connectivity index is 0.000000561. The average Bonchev–Trinajstić information content (AvgIpc) is 2.05. The van der Waals surface area contributed by atoms with E-state index in [1.807, 2.05) is 0 Å². The van der Waals surface area contributed by atoms with Gasteiger partial charge in [-0.25, -0.2) is 0 Å². The lowest BCUT2D eigenvalue weighted by molar-refractivity contribution is 0.0547. The molecule has 1 heterocycles. The van der Waals surface area contributed by atoms with Crippen LogP contribution in [0.3, 0.4) is 0 Å². The Morgan fingerprint density at radius 2 is 1.83 bits per heavy atom. The van der Waals surface area contributed by atoms with Crippen LogP contribution in [0.1, 0.15) is 33.6 Å². The molecule has 1 aliphatic heterocycles. The minimum atomic E-state index is 0.429. The summed E-state index contributed by atoms with van der Waals surface area (Å²) in [4.78, 5) is 2.47. The van der Waals surface area contributed by atoms with E-state index in [-0.39, 0.29) is 0 Å². The van der Waals surface area contributed by atoms with Crippen LogP contribution >= 0.6 is 0 Å². The molecular formula is C9H19N3. The van der Waals surface area contributed by atoms with Crippen molar-refractivity contribution in [3.63, 3.8) is 0 Å². The van der Waals surface area contributed by atoms with Crippen LogP contribution in [-0.4, -0.2) is 24.0 Å². The van der Waals surface area contributed by atoms with Gasteiger partial charge in [-0.05, 0) is 46.2 Å². The minimum absolute atomic E-state index is 0.429. The molecule has 0 spiro atoms. The lowest BCUT2D eigenvalue weighted by Crippen LogP contribution is -2.49. The van der Waals surface area contributed by atoms with E-state index in [2.05, 4.69) is 32.7 Å². The third-order valence-corrected chi connectivity index (χ3v) is 3.32. The van der Waals surface area contributed by atoms with E-state index in [0.717, 1.165) is 5.92 Å². The molecule has 0 radical (unpaired) electrons. The highest BCUT2D eigenvalue weighted by molar-refractivity contribution is 4.88. The Hall–Kier alpha value is -0.620. The number of rotatable bonds is 0. The van der Waals surface area contributed by atoms with Crippen molar-refractivity contribution in [1.29, 1.82) is 10.8 Å². The highest BCUT2D eigenvalue weighted by Gasteiger charge is 2.32. The molecule has 1 unspecified atom stereocenters. The molecule has 0 saturated carbocycles. The normalized spacial score (nSPS) is 28.7. The first-order valence-electron chi connectivity index (χ1n) is 4.46. The van der Waals surface area contributed by atoms with Gasteiger partial charge in [-0.3, -0.25) is 0 Å². The zero-order chi connectivity index (χ0) is 9.78. The van der Waals surface area contributed by atoms with Gasteiger partial charge in [0.05, 0.1) is 0 Å². The van der Waals surface area contributed by atoms with Crippen LogP contribution in [0, 0.1) is 16.7 Å². The second-order valence-electron chi connectivity index (χ2n) is 4.12. The molecule has 70 valence electrons. The fraction of sp³-hybridized carbons (Fsp3) is 1.00. The van der Waals surface area contributed by atoms with E-state index >= 15 is 0 Å². The minimum Gasteiger partial charge on any atom is -0.301 e. The van der Waals surface area contributed by atoms with E-state index in [0.29, 0.717) is 5.54 Å². The molecule has 0 aromatic heterocycles. The smallest absolute Gasteiger partial charge is 0.0175 e. The van der Waals surface area contributed by atoms with Crippen LogP contribution < -0.4 is 0 Å². The van der Waals surface area contributed by atoms with Crippen molar-refractivity contribution in [2.45, 2.75) is 39.2 Å². The Kier molecular flexibility index (Phi) is 4.19. The molecule has 3 nitrogen and oxygen atoms in total. The molecule has 0 aliphatic carbocycles. The molecule has 0 bridgehead atoms. The highest BCUT2D eigenvalue weighted by atomic mass is 15.2. The van der Waals surface area contributed by atoms with E-state index in [4.69, 9.17) is 10.8 Å². The van der Waals surface area contributed by atoms with Crippen molar-refractivity contribution in [2.24, 2.45) is 5.92 Å². The Labute approximate surface area is 75.2 Å². The molecular weight excluding hydrogens is 150 g/mol. The van der Waals surface area contributed by atoms with Crippen molar-refractivity contribution in [3.8, 4) is 0 Å². The fourth-order valence-electron chi connectivity index (χ4n) is 1.65. The SMILES string of the molecule is CC1CCCN(C)C1(C)C.N#N. The summed E-state index contributed by atoms with van der Waals surface area (Å²) in [5.74, 6) is 0.853. The summed E-state index contributed by atoms with van der Waals surface area (Å²) >= 11 is 0. The summed E-state index contributed by atoms with van der Waals surface area (Å²) in [5, 5.41) is 12.0. The summed E-state index contributed by atoms with van der Waals surface area (Å²) < 4.78 is 0. The largest absolute Gasteiger partial charge is 0.301 e. The maximum atomic E-state index is 6.00. The van der Waals surface area contributed by atoms with Gasteiger partial charge in [-0.2, -0.15) is 0 Å². The van der Waals surface area contributed by atoms with Gasteiger partial charge in [-0.1, -0.05) is 6.92 Å². The number of hydrogen-bond acceptors (Lipinski definition) is 3. The molecule has 1 rings (SSSR count). The van der Waals surface area contributed by atoms with Gasteiger partial charge in [0.15, 0.2) is 0 Å². The Morgan fingerprint density at radius 3 is 2.17 bits per heavy atom. The molecule has 1 fully saturated rings. The molecule has 12 heavy (non-hydrogen) atoms. The van der Waals surface area contributed by atoms with E-state index in [9.17, 15) is 0 Å². The number of likely N-dealkylation sites (tertiary alicyclic amines) is 1. The van der Waals surface area contributed by atoms with Crippen LogP contribution in [-0.2, 0) is 0 Å². The number of nitrogens with zero attached hydrogens (tertiary/aromatic N) is 3. The van der Waals surface area contributed by atoms with Crippen molar-refractivity contribution < 1.29 is 0 Å². The third kappa shape index (κ3) is 2.18. The quantitative estimate of drug-likeness (QED) is 0.522. The predicted octanol–water partition coefficient (Wildman–Crippen LogP) is 2.16. The highest BCUT2D eigenvalue weighted by Crippen LogP contribution is 2.30. The van der Waals surface area contributed by atoms with Crippen LogP contribution in [0.2, 0.25) is 0 Å². The Morgan fingerprint density at radius 1 is 1.33 bits per heavy atom. The summed E-state index contributed by atoms with van der Waals surface area (Å²) in [6.45, 7) is 8.32. The first-order valence-corrected chi connectivity index (χ1v) is 4.46. The monoisotopic (exact) mass is 169 g/mol. The zero-order valence-corrected chi connectivity index (χ0v) is 8.54. The number of piperidine rings is 1.